The van der Waals surface area contributed by atoms with Crippen LogP contribution in [0.3, 0.4) is 0 Å². The van der Waals surface area contributed by atoms with Gasteiger partial charge in [-0.1, -0.05) is 0 Å². The van der Waals surface area contributed by atoms with E-state index in [1.807, 2.05) is 0 Å². The molecule has 18 heavy (non-hydrogen) atoms. The van der Waals surface area contributed by atoms with Gasteiger partial charge in [0, 0.05) is 13.0 Å². The molecule has 1 aromatic rings. The van der Waals surface area contributed by atoms with E-state index in [0.29, 0.717) is 0 Å². The summed E-state index contributed by atoms with van der Waals surface area (Å²) in [6.45, 7) is -0.0245. The topological polar surface area (TPSA) is 155 Å². The van der Waals surface area contributed by atoms with Gasteiger partial charge in [-0.25, -0.2) is 17.9 Å². The van der Waals surface area contributed by atoms with E-state index in [-0.39, 0.29) is 19.4 Å². The molecule has 1 rings (SSSR count). The number of aromatic carboxylic acids is 1. The Kier molecular flexibility index (Phi) is 4.39. The Morgan fingerprint density at radius 2 is 2.17 bits per heavy atom. The maximum atomic E-state index is 11.7. The third-order valence-corrected chi connectivity index (χ3v) is 3.43. The number of carboxylic acid groups (broad SMARTS) is 1. The monoisotopic (exact) mass is 276 g/mol. The number of hydrogen-bond acceptors (Lipinski definition) is 5. The number of amides is 1. The lowest BCUT2D eigenvalue weighted by Crippen LogP contribution is -2.27. The van der Waals surface area contributed by atoms with Gasteiger partial charge in [-0.05, 0) is 6.42 Å². The molecule has 0 aliphatic carbocycles. The SMILES string of the molecule is NC(=O)CCCNS(=O)(=O)c1[nH]ncc1C(=O)O. The summed E-state index contributed by atoms with van der Waals surface area (Å²) >= 11 is 0. The molecule has 1 amide bonds. The minimum absolute atomic E-state index is 0.0245. The summed E-state index contributed by atoms with van der Waals surface area (Å²) in [5.74, 6) is -1.94. The number of carbonyl (C=O) groups excluding carboxylic acids is 1. The molecule has 0 aliphatic rings. The minimum Gasteiger partial charge on any atom is -0.478 e. The van der Waals surface area contributed by atoms with Gasteiger partial charge >= 0.3 is 5.97 Å². The smallest absolute Gasteiger partial charge is 0.340 e. The minimum atomic E-state index is -3.99. The molecular formula is C8H12N4O5S. The van der Waals surface area contributed by atoms with Crippen LogP contribution in [0.25, 0.3) is 0 Å². The molecule has 0 bridgehead atoms. The van der Waals surface area contributed by atoms with Crippen LogP contribution in [0.2, 0.25) is 0 Å². The summed E-state index contributed by atoms with van der Waals surface area (Å²) in [4.78, 5) is 21.2. The van der Waals surface area contributed by atoms with Gasteiger partial charge in [0.2, 0.25) is 5.91 Å². The summed E-state index contributed by atoms with van der Waals surface area (Å²) in [6.07, 6.45) is 1.17. The highest BCUT2D eigenvalue weighted by atomic mass is 32.2. The lowest BCUT2D eigenvalue weighted by atomic mass is 10.3. The molecule has 100 valence electrons. The maximum absolute atomic E-state index is 11.7. The van der Waals surface area contributed by atoms with Crippen LogP contribution in [-0.4, -0.2) is 42.1 Å². The number of rotatable bonds is 7. The van der Waals surface area contributed by atoms with Crippen molar-refractivity contribution in [3.63, 3.8) is 0 Å². The zero-order valence-electron chi connectivity index (χ0n) is 9.21. The Morgan fingerprint density at radius 3 is 2.72 bits per heavy atom. The first-order valence-electron chi connectivity index (χ1n) is 4.89. The van der Waals surface area contributed by atoms with Gasteiger partial charge < -0.3 is 10.8 Å². The van der Waals surface area contributed by atoms with Crippen molar-refractivity contribution in [3.05, 3.63) is 11.8 Å². The molecule has 0 spiro atoms. The van der Waals surface area contributed by atoms with Crippen molar-refractivity contribution in [2.24, 2.45) is 5.73 Å². The van der Waals surface area contributed by atoms with Crippen LogP contribution in [0.4, 0.5) is 0 Å². The number of carbonyl (C=O) groups is 2. The van der Waals surface area contributed by atoms with Gasteiger partial charge in [0.1, 0.15) is 5.56 Å². The Labute approximate surface area is 102 Å². The van der Waals surface area contributed by atoms with Crippen molar-refractivity contribution in [2.45, 2.75) is 17.9 Å². The third kappa shape index (κ3) is 3.53. The molecule has 0 aliphatic heterocycles. The number of nitrogens with one attached hydrogen (secondary N) is 2. The van der Waals surface area contributed by atoms with Gasteiger partial charge in [-0.2, -0.15) is 5.10 Å². The molecule has 0 saturated heterocycles. The number of nitrogens with zero attached hydrogens (tertiary/aromatic N) is 1. The highest BCUT2D eigenvalue weighted by Crippen LogP contribution is 2.11. The molecule has 0 fully saturated rings. The van der Waals surface area contributed by atoms with Gasteiger partial charge in [0.05, 0.1) is 6.20 Å². The number of hydrogen-bond donors (Lipinski definition) is 4. The lowest BCUT2D eigenvalue weighted by molar-refractivity contribution is -0.118. The van der Waals surface area contributed by atoms with Crippen LogP contribution in [0.5, 0.6) is 0 Å². The predicted octanol–water partition coefficient (Wildman–Crippen LogP) is -1.35. The first kappa shape index (κ1) is 14.1. The largest absolute Gasteiger partial charge is 0.478 e. The standard InChI is InChI=1S/C8H12N4O5S/c9-6(13)2-1-3-11-18(16,17)7-5(8(14)15)4-10-12-7/h4,11H,1-3H2,(H2,9,13)(H,10,12)(H,14,15). The number of sulfonamides is 1. The normalized spacial score (nSPS) is 11.3. The van der Waals surface area contributed by atoms with E-state index >= 15 is 0 Å². The van der Waals surface area contributed by atoms with Crippen molar-refractivity contribution >= 4 is 21.9 Å². The molecular weight excluding hydrogens is 264 g/mol. The summed E-state index contributed by atoms with van der Waals surface area (Å²) in [6, 6.07) is 0. The molecule has 1 heterocycles. The molecule has 0 saturated carbocycles. The lowest BCUT2D eigenvalue weighted by Gasteiger charge is -2.04. The predicted molar refractivity (Wildman–Crippen MR) is 59.2 cm³/mol. The Hall–Kier alpha value is -1.94. The Balaban J connectivity index is 2.72. The van der Waals surface area contributed by atoms with E-state index in [1.54, 1.807) is 0 Å². The van der Waals surface area contributed by atoms with E-state index in [1.165, 1.54) is 0 Å². The summed E-state index contributed by atoms with van der Waals surface area (Å²) in [5.41, 5.74) is 4.44. The van der Waals surface area contributed by atoms with Crippen LogP contribution < -0.4 is 10.5 Å². The molecule has 0 unspecified atom stereocenters. The molecule has 5 N–H and O–H groups in total. The zero-order chi connectivity index (χ0) is 13.8. The fourth-order valence-corrected chi connectivity index (χ4v) is 2.33. The number of primary amides is 1. The highest BCUT2D eigenvalue weighted by Gasteiger charge is 2.24. The second kappa shape index (κ2) is 5.60. The Morgan fingerprint density at radius 1 is 1.50 bits per heavy atom. The third-order valence-electron chi connectivity index (χ3n) is 2.00. The highest BCUT2D eigenvalue weighted by molar-refractivity contribution is 7.89. The van der Waals surface area contributed by atoms with Gasteiger partial charge in [0.15, 0.2) is 5.03 Å². The van der Waals surface area contributed by atoms with Crippen molar-refractivity contribution in [2.75, 3.05) is 6.54 Å². The molecule has 0 radical (unpaired) electrons. The number of nitrogens with two attached hydrogens (primary N) is 1. The van der Waals surface area contributed by atoms with Crippen LogP contribution >= 0.6 is 0 Å². The van der Waals surface area contributed by atoms with Crippen LogP contribution in [-0.2, 0) is 14.8 Å². The van der Waals surface area contributed by atoms with Crippen LogP contribution in [0, 0.1) is 0 Å². The molecule has 10 heteroatoms. The molecule has 9 nitrogen and oxygen atoms in total. The second-order valence-electron chi connectivity index (χ2n) is 3.39. The van der Waals surface area contributed by atoms with Gasteiger partial charge in [-0.15, -0.1) is 0 Å². The molecule has 0 aromatic carbocycles. The zero-order valence-corrected chi connectivity index (χ0v) is 10.0. The van der Waals surface area contributed by atoms with Crippen molar-refractivity contribution in [1.82, 2.24) is 14.9 Å². The molecule has 1 aromatic heterocycles. The Bertz CT molecular complexity index is 550. The van der Waals surface area contributed by atoms with Gasteiger partial charge in [-0.3, -0.25) is 9.89 Å². The summed E-state index contributed by atoms with van der Waals surface area (Å²) in [5, 5.41) is 13.7. The van der Waals surface area contributed by atoms with E-state index in [0.717, 1.165) is 6.20 Å². The van der Waals surface area contributed by atoms with E-state index in [2.05, 4.69) is 14.9 Å². The number of aromatic nitrogens is 2. The number of aromatic amines is 1. The summed E-state index contributed by atoms with van der Waals surface area (Å²) in [7, 11) is -3.99. The van der Waals surface area contributed by atoms with Crippen molar-refractivity contribution < 1.29 is 23.1 Å². The summed E-state index contributed by atoms with van der Waals surface area (Å²) < 4.78 is 25.5. The fraction of sp³-hybridized carbons (Fsp3) is 0.375. The number of carboxylic acids is 1. The molecule has 0 atom stereocenters. The second-order valence-corrected chi connectivity index (χ2v) is 5.09. The van der Waals surface area contributed by atoms with E-state index < -0.39 is 32.5 Å². The first-order valence-corrected chi connectivity index (χ1v) is 6.37. The maximum Gasteiger partial charge on any atom is 0.340 e. The van der Waals surface area contributed by atoms with E-state index in [4.69, 9.17) is 10.8 Å². The van der Waals surface area contributed by atoms with Gasteiger partial charge in [0.25, 0.3) is 10.0 Å². The van der Waals surface area contributed by atoms with Crippen molar-refractivity contribution in [1.29, 1.82) is 0 Å². The average Bonchev–Trinajstić information content (AvgIpc) is 2.73. The number of H-pyrrole nitrogens is 1. The van der Waals surface area contributed by atoms with E-state index in [9.17, 15) is 18.0 Å². The first-order chi connectivity index (χ1) is 8.34. The van der Waals surface area contributed by atoms with Crippen LogP contribution in [0.1, 0.15) is 23.2 Å². The average molecular weight is 276 g/mol. The quantitative estimate of drug-likeness (QED) is 0.451. The van der Waals surface area contributed by atoms with Crippen molar-refractivity contribution in [3.8, 4) is 0 Å². The fourth-order valence-electron chi connectivity index (χ4n) is 1.17. The van der Waals surface area contributed by atoms with Crippen LogP contribution in [0.15, 0.2) is 11.2 Å².